The fraction of sp³-hybridized carbons (Fsp3) is 0.515. The summed E-state index contributed by atoms with van der Waals surface area (Å²) in [7, 11) is 2.74. The van der Waals surface area contributed by atoms with Crippen LogP contribution in [0, 0.1) is 22.6 Å². The van der Waals surface area contributed by atoms with Crippen LogP contribution in [0.3, 0.4) is 0 Å². The van der Waals surface area contributed by atoms with Crippen LogP contribution in [0.25, 0.3) is 0 Å². The third kappa shape index (κ3) is 8.18. The molecule has 0 radical (unpaired) electrons. The highest BCUT2D eigenvalue weighted by Gasteiger charge is 2.33. The number of amidine groups is 1. The van der Waals surface area contributed by atoms with E-state index in [1.165, 1.54) is 19.1 Å². The predicted octanol–water partition coefficient (Wildman–Crippen LogP) is 5.96. The van der Waals surface area contributed by atoms with Crippen LogP contribution in [-0.4, -0.2) is 63.1 Å². The Morgan fingerprint density at radius 1 is 1.02 bits per heavy atom. The van der Waals surface area contributed by atoms with E-state index < -0.39 is 11.2 Å². The number of carbonyl (C=O) groups excluding carboxylic acids is 2. The van der Waals surface area contributed by atoms with Gasteiger partial charge in [-0.3, -0.25) is 15.0 Å². The number of hydrogen-bond donors (Lipinski definition) is 1. The smallest absolute Gasteiger partial charge is 0.305 e. The molecule has 2 aromatic rings. The number of carbonyl (C=O) groups is 2. The number of unbranched alkanes of at least 4 members (excludes halogenated alkanes) is 2. The van der Waals surface area contributed by atoms with Gasteiger partial charge in [0.25, 0.3) is 0 Å². The first-order chi connectivity index (χ1) is 21.0. The third-order valence-corrected chi connectivity index (χ3v) is 7.14. The van der Waals surface area contributed by atoms with Gasteiger partial charge in [0.15, 0.2) is 34.6 Å². The first-order valence-corrected chi connectivity index (χ1v) is 14.7. The van der Waals surface area contributed by atoms with Crippen LogP contribution in [0.1, 0.15) is 86.8 Å². The summed E-state index contributed by atoms with van der Waals surface area (Å²) in [6.45, 7) is 8.68. The number of fused-ring (bicyclic) bond motifs is 1. The summed E-state index contributed by atoms with van der Waals surface area (Å²) in [6, 6.07) is 7.12. The highest BCUT2D eigenvalue weighted by molar-refractivity contribution is 6.06. The maximum absolute atomic E-state index is 15.3. The second-order valence-electron chi connectivity index (χ2n) is 11.4. The number of benzene rings is 2. The minimum absolute atomic E-state index is 0.0825. The molecule has 3 rings (SSSR count). The topological polar surface area (TPSA) is 131 Å². The number of ketones is 1. The predicted molar refractivity (Wildman–Crippen MR) is 163 cm³/mol. The average molecular weight is 612 g/mol. The molecule has 1 N–H and O–H groups in total. The monoisotopic (exact) mass is 611 g/mol. The summed E-state index contributed by atoms with van der Waals surface area (Å²) in [5.74, 6) is -0.332. The molecule has 0 unspecified atom stereocenters. The van der Waals surface area contributed by atoms with Crippen LogP contribution < -0.4 is 18.9 Å². The maximum atomic E-state index is 15.3. The second-order valence-corrected chi connectivity index (χ2v) is 11.4. The van der Waals surface area contributed by atoms with Gasteiger partial charge < -0.3 is 28.6 Å². The molecule has 0 amide bonds. The van der Waals surface area contributed by atoms with Crippen LogP contribution in [0.4, 0.5) is 4.39 Å². The summed E-state index contributed by atoms with van der Waals surface area (Å²) in [6.07, 6.45) is 2.33. The van der Waals surface area contributed by atoms with Gasteiger partial charge in [0.1, 0.15) is 5.84 Å². The van der Waals surface area contributed by atoms with Crippen molar-refractivity contribution in [3.63, 3.8) is 0 Å². The van der Waals surface area contributed by atoms with Gasteiger partial charge >= 0.3 is 5.97 Å². The number of Topliss-reactive ketones (excluding diaryl/α,β-unsaturated/α-hetero) is 1. The summed E-state index contributed by atoms with van der Waals surface area (Å²) < 4.78 is 42.9. The molecule has 0 aliphatic carbocycles. The summed E-state index contributed by atoms with van der Waals surface area (Å²) >= 11 is 0. The zero-order valence-corrected chi connectivity index (χ0v) is 26.4. The molecule has 44 heavy (non-hydrogen) atoms. The Hall–Kier alpha value is -4.33. The Bertz CT molecular complexity index is 1410. The molecule has 0 aromatic heterocycles. The first-order valence-electron chi connectivity index (χ1n) is 14.7. The Morgan fingerprint density at radius 2 is 1.75 bits per heavy atom. The zero-order valence-electron chi connectivity index (χ0n) is 26.4. The van der Waals surface area contributed by atoms with Crippen molar-refractivity contribution in [1.82, 2.24) is 4.90 Å². The SMILES string of the molecule is CCOC(=O)CCCCOc1c(OCCCC#N)cc(C(=O)CN2Cc3cc(OC)c(OC)c(F)c3C2=N)cc1C(C)(C)C. The zero-order chi connectivity index (χ0) is 32.4. The normalized spacial score (nSPS) is 12.4. The Balaban J connectivity index is 1.87. The van der Waals surface area contributed by atoms with E-state index in [4.69, 9.17) is 34.4 Å². The minimum Gasteiger partial charge on any atom is -0.493 e. The molecule has 238 valence electrons. The fourth-order valence-corrected chi connectivity index (χ4v) is 4.91. The van der Waals surface area contributed by atoms with Crippen LogP contribution in [-0.2, 0) is 21.5 Å². The molecule has 0 spiro atoms. The molecule has 10 nitrogen and oxygen atoms in total. The molecule has 1 heterocycles. The molecule has 0 saturated carbocycles. The third-order valence-electron chi connectivity index (χ3n) is 7.14. The summed E-state index contributed by atoms with van der Waals surface area (Å²) in [5, 5.41) is 17.6. The lowest BCUT2D eigenvalue weighted by Gasteiger charge is -2.26. The summed E-state index contributed by atoms with van der Waals surface area (Å²) in [5.41, 5.74) is 1.29. The largest absolute Gasteiger partial charge is 0.493 e. The number of hydrogen-bond acceptors (Lipinski definition) is 9. The van der Waals surface area contributed by atoms with Gasteiger partial charge in [0.2, 0.25) is 0 Å². The van der Waals surface area contributed by atoms with E-state index in [1.807, 2.05) is 20.8 Å². The van der Waals surface area contributed by atoms with Crippen molar-refractivity contribution >= 4 is 17.6 Å². The van der Waals surface area contributed by atoms with E-state index in [0.717, 1.165) is 5.56 Å². The number of nitrogens with zero attached hydrogens (tertiary/aromatic N) is 2. The van der Waals surface area contributed by atoms with Gasteiger partial charge in [-0.2, -0.15) is 5.26 Å². The molecule has 0 bridgehead atoms. The number of esters is 1. The van der Waals surface area contributed by atoms with E-state index >= 15 is 4.39 Å². The van der Waals surface area contributed by atoms with Crippen molar-refractivity contribution in [2.45, 2.75) is 71.8 Å². The average Bonchev–Trinajstić information content (AvgIpc) is 3.29. The molecular weight excluding hydrogens is 569 g/mol. The Kier molecular flexibility index (Phi) is 12.0. The van der Waals surface area contributed by atoms with Gasteiger partial charge in [0, 0.05) is 30.5 Å². The molecule has 1 aliphatic rings. The molecule has 2 aromatic carbocycles. The van der Waals surface area contributed by atoms with E-state index in [0.29, 0.717) is 67.9 Å². The number of nitrogens with one attached hydrogen (secondary N) is 1. The van der Waals surface area contributed by atoms with Crippen LogP contribution in [0.5, 0.6) is 23.0 Å². The lowest BCUT2D eigenvalue weighted by atomic mass is 9.84. The molecule has 11 heteroatoms. The molecule has 0 atom stereocenters. The van der Waals surface area contributed by atoms with E-state index in [-0.39, 0.29) is 54.3 Å². The molecule has 0 fully saturated rings. The quantitative estimate of drug-likeness (QED) is 0.139. The van der Waals surface area contributed by atoms with Gasteiger partial charge in [0.05, 0.1) is 52.2 Å². The van der Waals surface area contributed by atoms with E-state index in [2.05, 4.69) is 6.07 Å². The Labute approximate surface area is 258 Å². The van der Waals surface area contributed by atoms with Crippen molar-refractivity contribution in [1.29, 1.82) is 10.7 Å². The lowest BCUT2D eigenvalue weighted by Crippen LogP contribution is -2.30. The van der Waals surface area contributed by atoms with Gasteiger partial charge in [-0.15, -0.1) is 0 Å². The number of ether oxygens (including phenoxy) is 5. The van der Waals surface area contributed by atoms with Crippen LogP contribution in [0.15, 0.2) is 18.2 Å². The number of rotatable bonds is 16. The second kappa shape index (κ2) is 15.4. The van der Waals surface area contributed by atoms with Gasteiger partial charge in [-0.1, -0.05) is 20.8 Å². The number of halogens is 1. The van der Waals surface area contributed by atoms with Crippen molar-refractivity contribution < 1.29 is 37.7 Å². The molecule has 0 saturated heterocycles. The Morgan fingerprint density at radius 3 is 2.39 bits per heavy atom. The number of nitriles is 1. The maximum Gasteiger partial charge on any atom is 0.305 e. The summed E-state index contributed by atoms with van der Waals surface area (Å²) in [4.78, 5) is 26.9. The van der Waals surface area contributed by atoms with Crippen molar-refractivity contribution in [3.8, 4) is 29.1 Å². The minimum atomic E-state index is -0.700. The highest BCUT2D eigenvalue weighted by Crippen LogP contribution is 2.41. The van der Waals surface area contributed by atoms with Crippen LogP contribution in [0.2, 0.25) is 0 Å². The standard InChI is InChI=1S/C33H42FN3O7/c1-7-42-27(39)12-8-10-15-44-30-23(33(2,3)4)16-21(17-26(30)43-14-11-9-13-35)24(38)20-37-19-22-18-25(40-5)31(41-6)29(34)28(22)32(37)36/h16-18,36H,7-12,14-15,19-20H2,1-6H3. The molecular formula is C33H42FN3O7. The van der Waals surface area contributed by atoms with Gasteiger partial charge in [-0.05, 0) is 55.4 Å². The molecule has 1 aliphatic heterocycles. The fourth-order valence-electron chi connectivity index (χ4n) is 4.91. The lowest BCUT2D eigenvalue weighted by molar-refractivity contribution is -0.143. The van der Waals surface area contributed by atoms with E-state index in [9.17, 15) is 9.59 Å². The first kappa shape index (κ1) is 34.2. The van der Waals surface area contributed by atoms with Crippen molar-refractivity contribution in [2.75, 3.05) is 40.6 Å². The highest BCUT2D eigenvalue weighted by atomic mass is 19.1. The van der Waals surface area contributed by atoms with Crippen molar-refractivity contribution in [2.24, 2.45) is 0 Å². The van der Waals surface area contributed by atoms with E-state index in [1.54, 1.807) is 25.1 Å². The number of methoxy groups -OCH3 is 2. The van der Waals surface area contributed by atoms with Gasteiger partial charge in [-0.25, -0.2) is 4.39 Å². The van der Waals surface area contributed by atoms with Crippen molar-refractivity contribution in [3.05, 3.63) is 46.3 Å². The van der Waals surface area contributed by atoms with Crippen LogP contribution >= 0.6 is 0 Å².